The average Bonchev–Trinajstić information content (AvgIpc) is 3.64. The van der Waals surface area contributed by atoms with E-state index in [2.05, 4.69) is 101 Å². The maximum Gasteiger partial charge on any atom is 0.216 e. The maximum atomic E-state index is 11.2. The molecule has 7 heteroatoms. The van der Waals surface area contributed by atoms with Gasteiger partial charge < -0.3 is 21.3 Å². The molecule has 0 bridgehead atoms. The lowest BCUT2D eigenvalue weighted by atomic mass is 9.94. The van der Waals surface area contributed by atoms with Gasteiger partial charge in [-0.25, -0.2) is 0 Å². The van der Waals surface area contributed by atoms with E-state index in [-0.39, 0.29) is 5.91 Å². The molecular formula is C39H42Cl2N4O. The van der Waals surface area contributed by atoms with E-state index >= 15 is 0 Å². The Morgan fingerprint density at radius 2 is 1.07 bits per heavy atom. The molecule has 0 heterocycles. The molecule has 0 fully saturated rings. The summed E-state index contributed by atoms with van der Waals surface area (Å²) in [4.78, 5) is 11.2. The molecule has 0 aromatic heterocycles. The summed E-state index contributed by atoms with van der Waals surface area (Å²) in [5, 5.41) is 14.8. The summed E-state index contributed by atoms with van der Waals surface area (Å²) in [6.45, 7) is 10.6. The number of fused-ring (bicyclic) bond motifs is 2. The lowest BCUT2D eigenvalue weighted by Gasteiger charge is -2.15. The minimum atomic E-state index is 0.00166. The van der Waals surface area contributed by atoms with Crippen LogP contribution in [0.4, 0.5) is 0 Å². The Morgan fingerprint density at radius 1 is 0.630 bits per heavy atom. The van der Waals surface area contributed by atoms with Crippen molar-refractivity contribution in [3.8, 4) is 33.4 Å². The van der Waals surface area contributed by atoms with Crippen LogP contribution < -0.4 is 21.3 Å². The van der Waals surface area contributed by atoms with Gasteiger partial charge in [-0.1, -0.05) is 103 Å². The van der Waals surface area contributed by atoms with E-state index in [1.54, 1.807) is 6.92 Å². The van der Waals surface area contributed by atoms with Crippen LogP contribution in [0.3, 0.4) is 0 Å². The predicted octanol–water partition coefficient (Wildman–Crippen LogP) is 7.37. The van der Waals surface area contributed by atoms with Crippen molar-refractivity contribution in [3.63, 3.8) is 0 Å². The predicted molar refractivity (Wildman–Crippen MR) is 193 cm³/mol. The van der Waals surface area contributed by atoms with Gasteiger partial charge in [0, 0.05) is 73.1 Å². The second-order valence-corrected chi connectivity index (χ2v) is 13.4. The molecule has 0 radical (unpaired) electrons. The summed E-state index contributed by atoms with van der Waals surface area (Å²) in [7, 11) is 0. The highest BCUT2D eigenvalue weighted by atomic mass is 35.5. The first-order valence-corrected chi connectivity index (χ1v) is 16.9. The third kappa shape index (κ3) is 7.34. The number of carbonyl (C=O) groups is 1. The fraction of sp³-hybridized carbons (Fsp3) is 0.308. The van der Waals surface area contributed by atoms with Crippen LogP contribution in [-0.2, 0) is 30.5 Å². The molecule has 4 aromatic carbocycles. The van der Waals surface area contributed by atoms with E-state index in [0.29, 0.717) is 28.7 Å². The molecule has 238 valence electrons. The summed E-state index contributed by atoms with van der Waals surface area (Å²) in [6, 6.07) is 26.7. The first kappa shape index (κ1) is 32.3. The zero-order chi connectivity index (χ0) is 32.2. The van der Waals surface area contributed by atoms with E-state index < -0.39 is 0 Å². The van der Waals surface area contributed by atoms with E-state index in [9.17, 15) is 4.79 Å². The summed E-state index contributed by atoms with van der Waals surface area (Å²) in [5.41, 5.74) is 12.6. The topological polar surface area (TPSA) is 65.2 Å². The first-order chi connectivity index (χ1) is 22.3. The number of nitrogens with one attached hydrogen (secondary N) is 4. The molecule has 2 aliphatic carbocycles. The summed E-state index contributed by atoms with van der Waals surface area (Å²) >= 11 is 14.4. The fourth-order valence-corrected chi connectivity index (χ4v) is 7.53. The van der Waals surface area contributed by atoms with Crippen molar-refractivity contribution >= 4 is 29.1 Å². The molecule has 2 atom stereocenters. The average molecular weight is 654 g/mol. The molecule has 2 aliphatic rings. The molecule has 4 aromatic rings. The first-order valence-electron chi connectivity index (χ1n) is 16.2. The van der Waals surface area contributed by atoms with Crippen molar-refractivity contribution in [1.82, 2.24) is 21.3 Å². The zero-order valence-electron chi connectivity index (χ0n) is 26.6. The van der Waals surface area contributed by atoms with Crippen LogP contribution in [0.5, 0.6) is 0 Å². The molecule has 6 rings (SSSR count). The van der Waals surface area contributed by atoms with Gasteiger partial charge in [0.1, 0.15) is 0 Å². The van der Waals surface area contributed by atoms with E-state index in [1.807, 2.05) is 6.92 Å². The lowest BCUT2D eigenvalue weighted by molar-refractivity contribution is -0.118. The van der Waals surface area contributed by atoms with E-state index in [0.717, 1.165) is 84.4 Å². The van der Waals surface area contributed by atoms with Gasteiger partial charge in [0.2, 0.25) is 5.91 Å². The normalized spacial score (nSPS) is 16.6. The van der Waals surface area contributed by atoms with Crippen molar-refractivity contribution in [2.45, 2.75) is 51.6 Å². The number of benzene rings is 4. The van der Waals surface area contributed by atoms with Crippen molar-refractivity contribution in [3.05, 3.63) is 117 Å². The Labute approximate surface area is 282 Å². The highest BCUT2D eigenvalue weighted by Crippen LogP contribution is 2.43. The number of hydrogen-bond donors (Lipinski definition) is 4. The van der Waals surface area contributed by atoms with Gasteiger partial charge in [-0.2, -0.15) is 0 Å². The molecule has 5 nitrogen and oxygen atoms in total. The number of carbonyl (C=O) groups excluding carboxylic acids is 1. The van der Waals surface area contributed by atoms with Gasteiger partial charge in [-0.15, -0.1) is 0 Å². The van der Waals surface area contributed by atoms with Gasteiger partial charge in [0.05, 0.1) is 10.0 Å². The maximum absolute atomic E-state index is 11.2. The molecule has 0 saturated heterocycles. The Hall–Kier alpha value is -3.61. The Morgan fingerprint density at radius 3 is 1.52 bits per heavy atom. The summed E-state index contributed by atoms with van der Waals surface area (Å²) in [6.07, 6.45) is 3.99. The molecule has 4 N–H and O–H groups in total. The second-order valence-electron chi connectivity index (χ2n) is 12.6. The lowest BCUT2D eigenvalue weighted by Crippen LogP contribution is -2.36. The van der Waals surface area contributed by atoms with Crippen molar-refractivity contribution in [2.24, 2.45) is 0 Å². The van der Waals surface area contributed by atoms with Gasteiger partial charge in [0.15, 0.2) is 0 Å². The largest absolute Gasteiger partial charge is 0.388 e. The highest BCUT2D eigenvalue weighted by Gasteiger charge is 2.24. The van der Waals surface area contributed by atoms with Crippen molar-refractivity contribution in [1.29, 1.82) is 0 Å². The van der Waals surface area contributed by atoms with E-state index in [1.165, 1.54) is 22.3 Å². The van der Waals surface area contributed by atoms with Crippen LogP contribution in [0.1, 0.15) is 36.1 Å². The second kappa shape index (κ2) is 14.4. The number of allylic oxidation sites excluding steroid dienone is 1. The monoisotopic (exact) mass is 652 g/mol. The number of hydrogen-bond acceptors (Lipinski definition) is 4. The smallest absolute Gasteiger partial charge is 0.216 e. The van der Waals surface area contributed by atoms with Crippen LogP contribution in [-0.4, -0.2) is 44.2 Å². The van der Waals surface area contributed by atoms with Crippen LogP contribution >= 0.6 is 23.2 Å². The highest BCUT2D eigenvalue weighted by molar-refractivity contribution is 6.39. The van der Waals surface area contributed by atoms with Gasteiger partial charge in [0.25, 0.3) is 0 Å². The van der Waals surface area contributed by atoms with Gasteiger partial charge in [-0.05, 0) is 66.0 Å². The molecule has 0 saturated carbocycles. The number of rotatable bonds is 12. The van der Waals surface area contributed by atoms with Crippen LogP contribution in [0.25, 0.3) is 33.4 Å². The van der Waals surface area contributed by atoms with Crippen molar-refractivity contribution in [2.75, 3.05) is 26.2 Å². The summed E-state index contributed by atoms with van der Waals surface area (Å²) in [5.74, 6) is 0.00166. The van der Waals surface area contributed by atoms with Gasteiger partial charge in [-0.3, -0.25) is 4.79 Å². The molecule has 2 unspecified atom stereocenters. The fourth-order valence-electron chi connectivity index (χ4n) is 6.85. The molecule has 1 amide bonds. The van der Waals surface area contributed by atoms with Crippen LogP contribution in [0, 0.1) is 0 Å². The third-order valence-electron chi connectivity index (χ3n) is 9.10. The Kier molecular flexibility index (Phi) is 10.1. The Bertz CT molecular complexity index is 1640. The number of amides is 1. The zero-order valence-corrected chi connectivity index (χ0v) is 28.1. The Balaban J connectivity index is 1.19. The number of halogens is 2. The molecule has 0 spiro atoms. The molecular weight excluding hydrogens is 611 g/mol. The molecule has 0 aliphatic heterocycles. The van der Waals surface area contributed by atoms with Gasteiger partial charge >= 0.3 is 0 Å². The van der Waals surface area contributed by atoms with Crippen molar-refractivity contribution < 1.29 is 4.79 Å². The summed E-state index contributed by atoms with van der Waals surface area (Å²) < 4.78 is 0. The van der Waals surface area contributed by atoms with E-state index in [4.69, 9.17) is 23.2 Å². The SMILES string of the molecule is C=C(C)NCCNC1Cc2ccc(-c3cccc(-c4cccc(-c5ccc6c(c5)CC(NCCNC(C)=O)C6)c4Cl)c3Cl)cc2C1. The third-order valence-corrected chi connectivity index (χ3v) is 9.92. The standard InChI is InChI=1S/C39H42Cl2N4O/c1-24(2)42-14-16-44-32-20-26-10-12-28(18-30(26)22-32)34-6-4-8-36(38(34)40)37-9-5-7-35(39(37)41)29-13-11-27-21-33(23-31(27)19-29)45-17-15-43-25(3)46/h4-13,18-19,32-33,42,44-45H,1,14-17,20-23H2,2-3H3,(H,43,46). The van der Waals surface area contributed by atoms with Crippen LogP contribution in [0.2, 0.25) is 10.0 Å². The minimum Gasteiger partial charge on any atom is -0.388 e. The van der Waals surface area contributed by atoms with Crippen LogP contribution in [0.15, 0.2) is 85.1 Å². The minimum absolute atomic E-state index is 0.00166. The molecule has 46 heavy (non-hydrogen) atoms. The quantitative estimate of drug-likeness (QED) is 0.121.